The van der Waals surface area contributed by atoms with Crippen molar-refractivity contribution in [1.29, 1.82) is 0 Å². The molecular formula is C11H15N3S2. The van der Waals surface area contributed by atoms with E-state index >= 15 is 0 Å². The molecule has 1 aliphatic rings. The fourth-order valence-corrected chi connectivity index (χ4v) is 2.80. The van der Waals surface area contributed by atoms with Crippen molar-refractivity contribution in [3.05, 3.63) is 30.1 Å². The standard InChI is InChI=1S/C11H15N3S2/c1-2-14-8-13(9-16-11(14)15)7-10-5-3-4-6-12-10/h3-6H,2,7-9H2,1H3. The number of pyridine rings is 1. The van der Waals surface area contributed by atoms with Gasteiger partial charge < -0.3 is 4.90 Å². The van der Waals surface area contributed by atoms with Gasteiger partial charge in [-0.15, -0.1) is 0 Å². The van der Waals surface area contributed by atoms with E-state index in [1.807, 2.05) is 18.3 Å². The van der Waals surface area contributed by atoms with Crippen molar-refractivity contribution in [3.8, 4) is 0 Å². The molecule has 1 aromatic heterocycles. The first-order chi connectivity index (χ1) is 7.79. The summed E-state index contributed by atoms with van der Waals surface area (Å²) in [5.41, 5.74) is 1.12. The van der Waals surface area contributed by atoms with Gasteiger partial charge in [0.2, 0.25) is 0 Å². The molecule has 0 unspecified atom stereocenters. The molecule has 5 heteroatoms. The maximum Gasteiger partial charge on any atom is 0.138 e. The Kier molecular flexibility index (Phi) is 4.15. The van der Waals surface area contributed by atoms with Gasteiger partial charge >= 0.3 is 0 Å². The maximum atomic E-state index is 5.29. The van der Waals surface area contributed by atoms with Gasteiger partial charge in [-0.2, -0.15) is 0 Å². The van der Waals surface area contributed by atoms with Crippen molar-refractivity contribution in [3.63, 3.8) is 0 Å². The summed E-state index contributed by atoms with van der Waals surface area (Å²) in [6, 6.07) is 6.04. The average Bonchev–Trinajstić information content (AvgIpc) is 2.33. The SMILES string of the molecule is CCN1CN(Cc2ccccn2)CSC1=S. The van der Waals surface area contributed by atoms with Crippen LogP contribution in [-0.2, 0) is 6.54 Å². The molecule has 16 heavy (non-hydrogen) atoms. The summed E-state index contributed by atoms with van der Waals surface area (Å²) in [5, 5.41) is 0. The second-order valence-corrected chi connectivity index (χ2v) is 5.27. The minimum atomic E-state index is 0.896. The molecule has 1 fully saturated rings. The van der Waals surface area contributed by atoms with E-state index in [9.17, 15) is 0 Å². The van der Waals surface area contributed by atoms with E-state index in [1.54, 1.807) is 11.8 Å². The predicted molar refractivity (Wildman–Crippen MR) is 72.1 cm³/mol. The molecule has 0 bridgehead atoms. The summed E-state index contributed by atoms with van der Waals surface area (Å²) in [6.07, 6.45) is 1.84. The zero-order valence-electron chi connectivity index (χ0n) is 9.30. The Balaban J connectivity index is 1.94. The van der Waals surface area contributed by atoms with Crippen LogP contribution in [0.15, 0.2) is 24.4 Å². The molecule has 3 nitrogen and oxygen atoms in total. The normalized spacial score (nSPS) is 17.8. The van der Waals surface area contributed by atoms with Crippen molar-refractivity contribution >= 4 is 28.3 Å². The smallest absolute Gasteiger partial charge is 0.138 e. The Bertz CT molecular complexity index is 356. The third kappa shape index (κ3) is 2.93. The lowest BCUT2D eigenvalue weighted by molar-refractivity contribution is 0.208. The molecule has 2 rings (SSSR count). The predicted octanol–water partition coefficient (Wildman–Crippen LogP) is 2.15. The zero-order chi connectivity index (χ0) is 11.4. The fraction of sp³-hybridized carbons (Fsp3) is 0.455. The number of aromatic nitrogens is 1. The molecule has 2 heterocycles. The van der Waals surface area contributed by atoms with Crippen LogP contribution in [-0.4, -0.2) is 38.2 Å². The van der Waals surface area contributed by atoms with E-state index in [0.29, 0.717) is 0 Å². The Morgan fingerprint density at radius 2 is 2.38 bits per heavy atom. The first kappa shape index (κ1) is 11.8. The molecular weight excluding hydrogens is 238 g/mol. The van der Waals surface area contributed by atoms with Crippen LogP contribution in [0.1, 0.15) is 12.6 Å². The number of nitrogens with zero attached hydrogens (tertiary/aromatic N) is 3. The zero-order valence-corrected chi connectivity index (χ0v) is 10.9. The van der Waals surface area contributed by atoms with E-state index in [0.717, 1.165) is 35.6 Å². The average molecular weight is 253 g/mol. The second-order valence-electron chi connectivity index (χ2n) is 3.69. The highest BCUT2D eigenvalue weighted by Crippen LogP contribution is 2.19. The van der Waals surface area contributed by atoms with E-state index in [4.69, 9.17) is 12.2 Å². The molecule has 0 aliphatic carbocycles. The second kappa shape index (κ2) is 5.61. The largest absolute Gasteiger partial charge is 0.345 e. The third-order valence-corrected chi connectivity index (χ3v) is 4.10. The van der Waals surface area contributed by atoms with Gasteiger partial charge in [0.25, 0.3) is 0 Å². The summed E-state index contributed by atoms with van der Waals surface area (Å²) < 4.78 is 1.01. The monoisotopic (exact) mass is 253 g/mol. The van der Waals surface area contributed by atoms with Crippen LogP contribution >= 0.6 is 24.0 Å². The van der Waals surface area contributed by atoms with Crippen molar-refractivity contribution < 1.29 is 0 Å². The Labute approximate surface area is 106 Å². The Hall–Kier alpha value is -0.650. The first-order valence-corrected chi connectivity index (χ1v) is 6.73. The van der Waals surface area contributed by atoms with Gasteiger partial charge in [0.05, 0.1) is 18.2 Å². The van der Waals surface area contributed by atoms with Crippen LogP contribution in [0.3, 0.4) is 0 Å². The molecule has 1 aromatic rings. The summed E-state index contributed by atoms with van der Waals surface area (Å²) in [5.74, 6) is 0.964. The van der Waals surface area contributed by atoms with Crippen LogP contribution in [0, 0.1) is 0 Å². The molecule has 1 aliphatic heterocycles. The number of hydrogen-bond donors (Lipinski definition) is 0. The van der Waals surface area contributed by atoms with Crippen molar-refractivity contribution in [2.75, 3.05) is 19.1 Å². The van der Waals surface area contributed by atoms with Gasteiger partial charge in [0, 0.05) is 19.3 Å². The van der Waals surface area contributed by atoms with Gasteiger partial charge in [-0.25, -0.2) is 0 Å². The molecule has 0 aromatic carbocycles. The van der Waals surface area contributed by atoms with Crippen LogP contribution in [0.5, 0.6) is 0 Å². The van der Waals surface area contributed by atoms with Gasteiger partial charge in [0.1, 0.15) is 4.32 Å². The van der Waals surface area contributed by atoms with E-state index in [-0.39, 0.29) is 0 Å². The third-order valence-electron chi connectivity index (χ3n) is 2.49. The van der Waals surface area contributed by atoms with E-state index in [2.05, 4.69) is 27.8 Å². The Morgan fingerprint density at radius 3 is 3.06 bits per heavy atom. The molecule has 86 valence electrons. The first-order valence-electron chi connectivity index (χ1n) is 5.33. The summed E-state index contributed by atoms with van der Waals surface area (Å²) >= 11 is 7.02. The van der Waals surface area contributed by atoms with Crippen LogP contribution in [0.25, 0.3) is 0 Å². The molecule has 0 N–H and O–H groups in total. The highest BCUT2D eigenvalue weighted by Gasteiger charge is 2.20. The van der Waals surface area contributed by atoms with Crippen molar-refractivity contribution in [1.82, 2.24) is 14.8 Å². The summed E-state index contributed by atoms with van der Waals surface area (Å²) in [4.78, 5) is 8.91. The van der Waals surface area contributed by atoms with Gasteiger partial charge in [0.15, 0.2) is 0 Å². The van der Waals surface area contributed by atoms with E-state index < -0.39 is 0 Å². The lowest BCUT2D eigenvalue weighted by Crippen LogP contribution is -2.44. The maximum absolute atomic E-state index is 5.29. The highest BCUT2D eigenvalue weighted by molar-refractivity contribution is 8.22. The quantitative estimate of drug-likeness (QED) is 0.767. The highest BCUT2D eigenvalue weighted by atomic mass is 32.2. The number of rotatable bonds is 3. The minimum Gasteiger partial charge on any atom is -0.345 e. The molecule has 0 spiro atoms. The van der Waals surface area contributed by atoms with Crippen molar-refractivity contribution in [2.24, 2.45) is 0 Å². The number of thiocarbonyl (C=S) groups is 1. The fourth-order valence-electron chi connectivity index (χ4n) is 1.62. The molecule has 1 saturated heterocycles. The van der Waals surface area contributed by atoms with E-state index in [1.165, 1.54) is 0 Å². The summed E-state index contributed by atoms with van der Waals surface area (Å²) in [7, 11) is 0. The van der Waals surface area contributed by atoms with Gasteiger partial charge in [-0.1, -0.05) is 30.0 Å². The van der Waals surface area contributed by atoms with Crippen LogP contribution in [0.2, 0.25) is 0 Å². The lowest BCUT2D eigenvalue weighted by Gasteiger charge is -2.35. The van der Waals surface area contributed by atoms with Gasteiger partial charge in [-0.05, 0) is 19.1 Å². The minimum absolute atomic E-state index is 0.896. The summed E-state index contributed by atoms with van der Waals surface area (Å²) in [6.45, 7) is 4.92. The number of thioether (sulfide) groups is 1. The molecule has 0 atom stereocenters. The molecule has 0 amide bonds. The van der Waals surface area contributed by atoms with Crippen LogP contribution < -0.4 is 0 Å². The Morgan fingerprint density at radius 1 is 1.50 bits per heavy atom. The van der Waals surface area contributed by atoms with Gasteiger partial charge in [-0.3, -0.25) is 9.88 Å². The topological polar surface area (TPSA) is 19.4 Å². The van der Waals surface area contributed by atoms with Crippen molar-refractivity contribution in [2.45, 2.75) is 13.5 Å². The molecule has 0 saturated carbocycles. The molecule has 0 radical (unpaired) electrons. The number of hydrogen-bond acceptors (Lipinski definition) is 4. The lowest BCUT2D eigenvalue weighted by atomic mass is 10.3. The van der Waals surface area contributed by atoms with Crippen LogP contribution in [0.4, 0.5) is 0 Å².